The molecule has 2 bridgehead atoms. The van der Waals surface area contributed by atoms with Crippen LogP contribution < -0.4 is 0 Å². The molecule has 29 heavy (non-hydrogen) atoms. The fourth-order valence-corrected chi connectivity index (χ4v) is 5.28. The molecule has 7 nitrogen and oxygen atoms in total. The minimum absolute atomic E-state index is 0.0501. The molecule has 3 saturated carbocycles. The summed E-state index contributed by atoms with van der Waals surface area (Å²) in [5.74, 6) is -0.766. The summed E-state index contributed by atoms with van der Waals surface area (Å²) in [6.45, 7) is 0. The number of alkyl halides is 2. The number of ether oxygens (including phenoxy) is 2. The van der Waals surface area contributed by atoms with Crippen molar-refractivity contribution in [1.82, 2.24) is 0 Å². The molecule has 0 radical (unpaired) electrons. The molecular weight excluding hydrogens is 410 g/mol. The monoisotopic (exact) mass is 438 g/mol. The van der Waals surface area contributed by atoms with Gasteiger partial charge in [0, 0.05) is 25.2 Å². The van der Waals surface area contributed by atoms with E-state index in [-0.39, 0.29) is 30.3 Å². The maximum atomic E-state index is 13.2. The molecule has 0 aromatic rings. The summed E-state index contributed by atoms with van der Waals surface area (Å²) in [5, 5.41) is -4.28. The lowest BCUT2D eigenvalue weighted by Crippen LogP contribution is -2.36. The second kappa shape index (κ2) is 8.45. The van der Waals surface area contributed by atoms with E-state index in [0.29, 0.717) is 19.3 Å². The zero-order valence-corrected chi connectivity index (χ0v) is 17.1. The van der Waals surface area contributed by atoms with Gasteiger partial charge in [0.25, 0.3) is 0 Å². The zero-order chi connectivity index (χ0) is 21.3. The Hall–Kier alpha value is -1.29. The van der Waals surface area contributed by atoms with Crippen molar-refractivity contribution < 1.29 is 40.8 Å². The minimum atomic E-state index is -5.49. The molecule has 1 N–H and O–H groups in total. The van der Waals surface area contributed by atoms with Crippen molar-refractivity contribution in [2.45, 2.75) is 94.0 Å². The van der Waals surface area contributed by atoms with Crippen molar-refractivity contribution in [3.63, 3.8) is 0 Å². The molecular formula is C19H28F2O7S. The molecule has 0 aliphatic heterocycles. The second-order valence-corrected chi connectivity index (χ2v) is 10.2. The summed E-state index contributed by atoms with van der Waals surface area (Å²) in [7, 11) is -5.49. The molecule has 3 aliphatic rings. The third-order valence-corrected chi connectivity index (χ3v) is 7.43. The summed E-state index contributed by atoms with van der Waals surface area (Å²) in [5.41, 5.74) is -0.731. The van der Waals surface area contributed by atoms with Gasteiger partial charge in [-0.3, -0.25) is 14.1 Å². The van der Waals surface area contributed by atoms with Gasteiger partial charge in [-0.25, -0.2) is 0 Å². The smallest absolute Gasteiger partial charge is 0.370 e. The maximum absolute atomic E-state index is 13.2. The highest BCUT2D eigenvalue weighted by Crippen LogP contribution is 2.51. The van der Waals surface area contributed by atoms with Crippen LogP contribution in [-0.4, -0.2) is 41.9 Å². The number of esters is 2. The highest BCUT2D eigenvalue weighted by Gasteiger charge is 2.55. The van der Waals surface area contributed by atoms with Crippen LogP contribution in [-0.2, 0) is 29.2 Å². The Labute approximate surface area is 169 Å². The first-order valence-corrected chi connectivity index (χ1v) is 11.7. The van der Waals surface area contributed by atoms with E-state index >= 15 is 0 Å². The zero-order valence-electron chi connectivity index (χ0n) is 16.3. The van der Waals surface area contributed by atoms with Crippen molar-refractivity contribution >= 4 is 22.1 Å². The molecule has 3 rings (SSSR count). The normalized spacial score (nSPS) is 30.3. The Bertz CT molecular complexity index is 733. The lowest BCUT2D eigenvalue weighted by Gasteiger charge is -2.31. The molecule has 0 amide bonds. The number of fused-ring (bicyclic) bond motifs is 2. The standard InChI is InChI=1S/C19H28F2O7S/c20-19(21,29(24,25)26)9-4-7-16(22)28-18-10-8-14(11-18)15(12-18)27-17(23)13-5-2-1-3-6-13/h13-15H,1-12H2,(H,24,25,26). The number of carbonyl (C=O) groups excluding carboxylic acids is 2. The molecule has 0 aromatic heterocycles. The second-order valence-electron chi connectivity index (χ2n) is 8.64. The van der Waals surface area contributed by atoms with Gasteiger partial charge in [0.2, 0.25) is 0 Å². The number of halogens is 2. The Morgan fingerprint density at radius 3 is 2.45 bits per heavy atom. The lowest BCUT2D eigenvalue weighted by atomic mass is 9.89. The average molecular weight is 438 g/mol. The van der Waals surface area contributed by atoms with Crippen LogP contribution in [0.15, 0.2) is 0 Å². The highest BCUT2D eigenvalue weighted by molar-refractivity contribution is 7.86. The van der Waals surface area contributed by atoms with Crippen LogP contribution in [0.1, 0.15) is 77.0 Å². The van der Waals surface area contributed by atoms with Gasteiger partial charge in [-0.15, -0.1) is 0 Å². The first-order chi connectivity index (χ1) is 13.5. The van der Waals surface area contributed by atoms with Gasteiger partial charge >= 0.3 is 27.3 Å². The number of hydrogen-bond acceptors (Lipinski definition) is 6. The third-order valence-electron chi connectivity index (χ3n) is 6.47. The third kappa shape index (κ3) is 5.25. The predicted octanol–water partition coefficient (Wildman–Crippen LogP) is 3.62. The Morgan fingerprint density at radius 1 is 1.10 bits per heavy atom. The summed E-state index contributed by atoms with van der Waals surface area (Å²) in [6, 6.07) is 0. The topological polar surface area (TPSA) is 107 Å². The molecule has 10 heteroatoms. The van der Waals surface area contributed by atoms with E-state index in [1.807, 2.05) is 0 Å². The SMILES string of the molecule is O=C(CCCC(F)(F)S(=O)(=O)O)OC12CCC(C1)C(OC(=O)C1CCCCC1)C2. The van der Waals surface area contributed by atoms with Crippen LogP contribution in [0.5, 0.6) is 0 Å². The molecule has 3 unspecified atom stereocenters. The van der Waals surface area contributed by atoms with Gasteiger partial charge in [-0.05, 0) is 38.5 Å². The average Bonchev–Trinajstić information content (AvgIpc) is 3.18. The largest absolute Gasteiger partial charge is 0.462 e. The van der Waals surface area contributed by atoms with Gasteiger partial charge in [0.05, 0.1) is 5.92 Å². The lowest BCUT2D eigenvalue weighted by molar-refractivity contribution is -0.165. The number of hydrogen-bond donors (Lipinski definition) is 1. The Kier molecular flexibility index (Phi) is 6.53. The fraction of sp³-hybridized carbons (Fsp3) is 0.895. The first kappa shape index (κ1) is 22.4. The van der Waals surface area contributed by atoms with Crippen LogP contribution >= 0.6 is 0 Å². The first-order valence-electron chi connectivity index (χ1n) is 10.3. The molecule has 0 heterocycles. The van der Waals surface area contributed by atoms with Crippen LogP contribution in [0.4, 0.5) is 8.78 Å². The quantitative estimate of drug-likeness (QED) is 0.456. The molecule has 166 valence electrons. The Balaban J connectivity index is 1.46. The summed E-state index contributed by atoms with van der Waals surface area (Å²) < 4.78 is 67.4. The van der Waals surface area contributed by atoms with E-state index in [2.05, 4.69) is 0 Å². The van der Waals surface area contributed by atoms with Crippen molar-refractivity contribution in [2.24, 2.45) is 11.8 Å². The van der Waals surface area contributed by atoms with E-state index < -0.39 is 39.8 Å². The van der Waals surface area contributed by atoms with Crippen LogP contribution in [0.3, 0.4) is 0 Å². The van der Waals surface area contributed by atoms with E-state index in [9.17, 15) is 26.8 Å². The number of rotatable bonds is 8. The van der Waals surface area contributed by atoms with Gasteiger partial charge in [0.15, 0.2) is 0 Å². The van der Waals surface area contributed by atoms with Crippen molar-refractivity contribution in [2.75, 3.05) is 0 Å². The van der Waals surface area contributed by atoms with Crippen LogP contribution in [0.2, 0.25) is 0 Å². The van der Waals surface area contributed by atoms with E-state index in [0.717, 1.165) is 38.5 Å². The molecule has 0 saturated heterocycles. The van der Waals surface area contributed by atoms with Gasteiger partial charge in [-0.1, -0.05) is 19.3 Å². The molecule has 3 atom stereocenters. The molecule has 0 aromatic carbocycles. The minimum Gasteiger partial charge on any atom is -0.462 e. The van der Waals surface area contributed by atoms with Crippen molar-refractivity contribution in [3.8, 4) is 0 Å². The summed E-state index contributed by atoms with van der Waals surface area (Å²) in [6.07, 6.45) is 5.10. The van der Waals surface area contributed by atoms with E-state index in [1.165, 1.54) is 0 Å². The van der Waals surface area contributed by atoms with Crippen molar-refractivity contribution in [1.29, 1.82) is 0 Å². The highest BCUT2D eigenvalue weighted by atomic mass is 32.2. The van der Waals surface area contributed by atoms with Crippen molar-refractivity contribution in [3.05, 3.63) is 0 Å². The van der Waals surface area contributed by atoms with E-state index in [4.69, 9.17) is 14.0 Å². The number of carbonyl (C=O) groups is 2. The maximum Gasteiger partial charge on any atom is 0.370 e. The molecule has 3 aliphatic carbocycles. The van der Waals surface area contributed by atoms with Gasteiger partial charge in [-0.2, -0.15) is 17.2 Å². The fourth-order valence-electron chi connectivity index (χ4n) is 4.88. The van der Waals surface area contributed by atoms with Crippen LogP contribution in [0, 0.1) is 11.8 Å². The molecule has 0 spiro atoms. The van der Waals surface area contributed by atoms with E-state index in [1.54, 1.807) is 0 Å². The molecule has 3 fully saturated rings. The Morgan fingerprint density at radius 2 is 1.79 bits per heavy atom. The summed E-state index contributed by atoms with van der Waals surface area (Å²) >= 11 is 0. The predicted molar refractivity (Wildman–Crippen MR) is 97.6 cm³/mol. The van der Waals surface area contributed by atoms with Gasteiger partial charge < -0.3 is 9.47 Å². The van der Waals surface area contributed by atoms with Crippen LogP contribution in [0.25, 0.3) is 0 Å². The summed E-state index contributed by atoms with van der Waals surface area (Å²) in [4.78, 5) is 24.5. The van der Waals surface area contributed by atoms with Gasteiger partial charge in [0.1, 0.15) is 11.7 Å².